The number of ether oxygens (including phenoxy) is 4. The maximum atomic E-state index is 5.48. The van der Waals surface area contributed by atoms with Crippen LogP contribution in [0.15, 0.2) is 16.6 Å². The molecule has 1 aromatic rings. The third-order valence-electron chi connectivity index (χ3n) is 2.83. The normalized spacial score (nSPS) is 13.2. The summed E-state index contributed by atoms with van der Waals surface area (Å²) in [6, 6.07) is 4.01. The fourth-order valence-electron chi connectivity index (χ4n) is 1.99. The van der Waals surface area contributed by atoms with Gasteiger partial charge in [-0.3, -0.25) is 0 Å². The lowest BCUT2D eigenvalue weighted by Crippen LogP contribution is -2.31. The van der Waals surface area contributed by atoms with E-state index >= 15 is 0 Å². The summed E-state index contributed by atoms with van der Waals surface area (Å²) >= 11 is 3.49. The number of rotatable bonds is 8. The zero-order chi connectivity index (χ0) is 14.4. The van der Waals surface area contributed by atoms with E-state index in [9.17, 15) is 0 Å². The Balaban J connectivity index is 1.86. The predicted octanol–water partition coefficient (Wildman–Crippen LogP) is 2.67. The SMILES string of the molecule is CCOC(CNCc1cc(Br)c2c(c1)OCO2)OCC. The van der Waals surface area contributed by atoms with E-state index < -0.39 is 0 Å². The molecule has 0 radical (unpaired) electrons. The maximum absolute atomic E-state index is 5.48. The Labute approximate surface area is 127 Å². The zero-order valence-electron chi connectivity index (χ0n) is 11.8. The first-order valence-electron chi connectivity index (χ1n) is 6.76. The summed E-state index contributed by atoms with van der Waals surface area (Å²) < 4.78 is 22.6. The van der Waals surface area contributed by atoms with Crippen LogP contribution in [-0.2, 0) is 16.0 Å². The van der Waals surface area contributed by atoms with Crippen molar-refractivity contribution in [1.29, 1.82) is 0 Å². The van der Waals surface area contributed by atoms with Crippen molar-refractivity contribution in [3.05, 3.63) is 22.2 Å². The van der Waals surface area contributed by atoms with Gasteiger partial charge in [-0.1, -0.05) is 0 Å². The summed E-state index contributed by atoms with van der Waals surface area (Å²) in [5.41, 5.74) is 1.12. The van der Waals surface area contributed by atoms with Gasteiger partial charge in [0.05, 0.1) is 4.47 Å². The number of benzene rings is 1. The molecule has 1 aromatic carbocycles. The van der Waals surface area contributed by atoms with Crippen LogP contribution in [-0.4, -0.2) is 32.8 Å². The Bertz CT molecular complexity index is 435. The van der Waals surface area contributed by atoms with Gasteiger partial charge >= 0.3 is 0 Å². The average molecular weight is 346 g/mol. The van der Waals surface area contributed by atoms with E-state index in [1.807, 2.05) is 26.0 Å². The molecular weight excluding hydrogens is 326 g/mol. The third kappa shape index (κ3) is 4.09. The number of hydrogen-bond acceptors (Lipinski definition) is 5. The van der Waals surface area contributed by atoms with E-state index in [1.165, 1.54) is 0 Å². The van der Waals surface area contributed by atoms with Crippen molar-refractivity contribution < 1.29 is 18.9 Å². The number of fused-ring (bicyclic) bond motifs is 1. The van der Waals surface area contributed by atoms with Crippen LogP contribution in [0.4, 0.5) is 0 Å². The fourth-order valence-corrected chi connectivity index (χ4v) is 2.60. The lowest BCUT2D eigenvalue weighted by molar-refractivity contribution is -0.133. The molecule has 0 aliphatic carbocycles. The molecule has 1 heterocycles. The van der Waals surface area contributed by atoms with Crippen molar-refractivity contribution >= 4 is 15.9 Å². The van der Waals surface area contributed by atoms with E-state index in [4.69, 9.17) is 18.9 Å². The minimum Gasteiger partial charge on any atom is -0.454 e. The summed E-state index contributed by atoms with van der Waals surface area (Å²) in [4.78, 5) is 0. The van der Waals surface area contributed by atoms with Gasteiger partial charge in [-0.2, -0.15) is 0 Å². The van der Waals surface area contributed by atoms with Crippen molar-refractivity contribution in [1.82, 2.24) is 5.32 Å². The molecule has 0 atom stereocenters. The maximum Gasteiger partial charge on any atom is 0.231 e. The van der Waals surface area contributed by atoms with E-state index in [1.54, 1.807) is 0 Å². The molecule has 0 saturated heterocycles. The van der Waals surface area contributed by atoms with Crippen molar-refractivity contribution in [3.63, 3.8) is 0 Å². The van der Waals surface area contributed by atoms with Crippen molar-refractivity contribution in [3.8, 4) is 11.5 Å². The number of nitrogens with one attached hydrogen (secondary N) is 1. The van der Waals surface area contributed by atoms with Crippen LogP contribution in [0.25, 0.3) is 0 Å². The molecule has 112 valence electrons. The Hall–Kier alpha value is -0.820. The van der Waals surface area contributed by atoms with E-state index in [2.05, 4.69) is 21.2 Å². The molecule has 0 aromatic heterocycles. The first-order valence-corrected chi connectivity index (χ1v) is 7.55. The van der Waals surface area contributed by atoms with E-state index in [0.717, 1.165) is 21.5 Å². The Kier molecular flexibility index (Phi) is 6.09. The Morgan fingerprint density at radius 3 is 2.70 bits per heavy atom. The predicted molar refractivity (Wildman–Crippen MR) is 79.0 cm³/mol. The fraction of sp³-hybridized carbons (Fsp3) is 0.571. The second-order valence-electron chi connectivity index (χ2n) is 4.28. The quantitative estimate of drug-likeness (QED) is 0.734. The molecular formula is C14H20BrNO4. The molecule has 5 nitrogen and oxygen atoms in total. The topological polar surface area (TPSA) is 49.0 Å². The second kappa shape index (κ2) is 7.83. The summed E-state index contributed by atoms with van der Waals surface area (Å²) in [6.45, 7) is 6.84. The van der Waals surface area contributed by atoms with Crippen molar-refractivity contribution in [2.24, 2.45) is 0 Å². The Morgan fingerprint density at radius 1 is 1.25 bits per heavy atom. The first-order chi connectivity index (χ1) is 9.74. The standard InChI is InChI=1S/C14H20BrNO4/c1-3-17-13(18-4-2)8-16-7-10-5-11(15)14-12(6-10)19-9-20-14/h5-6,13,16H,3-4,7-9H2,1-2H3. The van der Waals surface area contributed by atoms with Gasteiger partial charge in [0.2, 0.25) is 6.79 Å². The lowest BCUT2D eigenvalue weighted by Gasteiger charge is -2.17. The van der Waals surface area contributed by atoms with Crippen LogP contribution in [0.2, 0.25) is 0 Å². The highest BCUT2D eigenvalue weighted by molar-refractivity contribution is 9.10. The second-order valence-corrected chi connectivity index (χ2v) is 5.14. The van der Waals surface area contributed by atoms with Crippen LogP contribution < -0.4 is 14.8 Å². The van der Waals surface area contributed by atoms with E-state index in [-0.39, 0.29) is 13.1 Å². The van der Waals surface area contributed by atoms with Crippen LogP contribution in [0.3, 0.4) is 0 Å². The highest BCUT2D eigenvalue weighted by Crippen LogP contribution is 2.39. The number of hydrogen-bond donors (Lipinski definition) is 1. The van der Waals surface area contributed by atoms with Gasteiger partial charge in [-0.05, 0) is 47.5 Å². The molecule has 0 fully saturated rings. The summed E-state index contributed by atoms with van der Waals surface area (Å²) in [6.07, 6.45) is -0.206. The van der Waals surface area contributed by atoms with Gasteiger partial charge in [0.25, 0.3) is 0 Å². The minimum atomic E-state index is -0.206. The molecule has 0 amide bonds. The average Bonchev–Trinajstić information content (AvgIpc) is 2.88. The van der Waals surface area contributed by atoms with E-state index in [0.29, 0.717) is 26.3 Å². The highest BCUT2D eigenvalue weighted by Gasteiger charge is 2.18. The molecule has 0 saturated carbocycles. The van der Waals surface area contributed by atoms with Gasteiger partial charge in [0.15, 0.2) is 17.8 Å². The van der Waals surface area contributed by atoms with Gasteiger partial charge in [-0.15, -0.1) is 0 Å². The smallest absolute Gasteiger partial charge is 0.231 e. The van der Waals surface area contributed by atoms with Gasteiger partial charge < -0.3 is 24.3 Å². The minimum absolute atomic E-state index is 0.206. The largest absolute Gasteiger partial charge is 0.454 e. The molecule has 0 spiro atoms. The molecule has 6 heteroatoms. The van der Waals surface area contributed by atoms with Crippen LogP contribution in [0.5, 0.6) is 11.5 Å². The summed E-state index contributed by atoms with van der Waals surface area (Å²) in [5, 5.41) is 3.32. The molecule has 1 N–H and O–H groups in total. The number of halogens is 1. The Morgan fingerprint density at radius 2 is 2.00 bits per heavy atom. The van der Waals surface area contributed by atoms with Gasteiger partial charge in [0.1, 0.15) is 0 Å². The van der Waals surface area contributed by atoms with Crippen LogP contribution in [0, 0.1) is 0 Å². The third-order valence-corrected chi connectivity index (χ3v) is 3.42. The van der Waals surface area contributed by atoms with Gasteiger partial charge in [0, 0.05) is 26.3 Å². The molecule has 1 aliphatic rings. The first kappa shape index (κ1) is 15.6. The van der Waals surface area contributed by atoms with Crippen molar-refractivity contribution in [2.45, 2.75) is 26.7 Å². The summed E-state index contributed by atoms with van der Waals surface area (Å²) in [7, 11) is 0. The molecule has 0 unspecified atom stereocenters. The zero-order valence-corrected chi connectivity index (χ0v) is 13.4. The molecule has 0 bridgehead atoms. The van der Waals surface area contributed by atoms with Crippen LogP contribution in [0.1, 0.15) is 19.4 Å². The molecule has 2 rings (SSSR count). The van der Waals surface area contributed by atoms with Crippen LogP contribution >= 0.6 is 15.9 Å². The van der Waals surface area contributed by atoms with Crippen molar-refractivity contribution in [2.75, 3.05) is 26.6 Å². The lowest BCUT2D eigenvalue weighted by atomic mass is 10.2. The monoisotopic (exact) mass is 345 g/mol. The highest BCUT2D eigenvalue weighted by atomic mass is 79.9. The molecule has 1 aliphatic heterocycles. The molecule has 20 heavy (non-hydrogen) atoms. The van der Waals surface area contributed by atoms with Gasteiger partial charge in [-0.25, -0.2) is 0 Å². The summed E-state index contributed by atoms with van der Waals surface area (Å²) in [5.74, 6) is 1.55.